The molecule has 0 aromatic rings. The highest BCUT2D eigenvalue weighted by atomic mass is 16.5. The topological polar surface area (TPSA) is 58.6 Å². The predicted molar refractivity (Wildman–Crippen MR) is 78.8 cm³/mol. The number of carbonyl (C=O) groups is 1. The lowest BCUT2D eigenvalue weighted by molar-refractivity contribution is -0.147. The number of rotatable bonds is 9. The van der Waals surface area contributed by atoms with Crippen LogP contribution < -0.4 is 5.32 Å². The Hall–Kier alpha value is -0.610. The van der Waals surface area contributed by atoms with E-state index in [1.165, 1.54) is 0 Å². The average molecular weight is 283 g/mol. The number of nitrogens with one attached hydrogen (secondary N) is 1. The van der Waals surface area contributed by atoms with Gasteiger partial charge in [0.15, 0.2) is 0 Å². The van der Waals surface area contributed by atoms with Gasteiger partial charge in [0, 0.05) is 12.6 Å². The van der Waals surface area contributed by atoms with Crippen LogP contribution in [0.4, 0.5) is 0 Å². The SMILES string of the molecule is CCCC(C)OCCC1CCCC1(NC1CC1)C(=O)O. The molecule has 3 atom stereocenters. The molecule has 4 heteroatoms. The van der Waals surface area contributed by atoms with Crippen LogP contribution in [0.5, 0.6) is 0 Å². The van der Waals surface area contributed by atoms with E-state index >= 15 is 0 Å². The van der Waals surface area contributed by atoms with Crippen LogP contribution in [0.1, 0.15) is 65.2 Å². The van der Waals surface area contributed by atoms with Gasteiger partial charge in [-0.25, -0.2) is 0 Å². The molecule has 20 heavy (non-hydrogen) atoms. The zero-order chi connectivity index (χ0) is 14.6. The molecule has 0 heterocycles. The third kappa shape index (κ3) is 3.73. The van der Waals surface area contributed by atoms with Crippen molar-refractivity contribution in [3.05, 3.63) is 0 Å². The Morgan fingerprint density at radius 3 is 2.80 bits per heavy atom. The van der Waals surface area contributed by atoms with Gasteiger partial charge in [-0.1, -0.05) is 19.8 Å². The number of ether oxygens (including phenoxy) is 1. The number of carboxylic acids is 1. The minimum Gasteiger partial charge on any atom is -0.480 e. The molecule has 4 nitrogen and oxygen atoms in total. The van der Waals surface area contributed by atoms with Crippen molar-refractivity contribution in [1.82, 2.24) is 5.32 Å². The van der Waals surface area contributed by atoms with Crippen molar-refractivity contribution in [1.29, 1.82) is 0 Å². The standard InChI is InChI=1S/C16H29NO3/c1-3-5-12(2)20-11-9-13-6-4-10-16(13,15(18)19)17-14-7-8-14/h12-14,17H,3-11H2,1-2H3,(H,18,19). The van der Waals surface area contributed by atoms with Crippen molar-refractivity contribution in [2.45, 2.75) is 82.9 Å². The number of carboxylic acid groups (broad SMARTS) is 1. The molecule has 3 unspecified atom stereocenters. The van der Waals surface area contributed by atoms with Gasteiger partial charge in [-0.05, 0) is 51.4 Å². The molecule has 2 N–H and O–H groups in total. The summed E-state index contributed by atoms with van der Waals surface area (Å²) in [4.78, 5) is 11.8. The first kappa shape index (κ1) is 15.8. The quantitative estimate of drug-likeness (QED) is 0.683. The second-order valence-electron chi connectivity index (χ2n) is 6.54. The maximum atomic E-state index is 11.8. The van der Waals surface area contributed by atoms with Crippen LogP contribution in [-0.4, -0.2) is 35.4 Å². The van der Waals surface area contributed by atoms with E-state index in [-0.39, 0.29) is 12.0 Å². The molecule has 2 aliphatic carbocycles. The smallest absolute Gasteiger partial charge is 0.324 e. The molecule has 2 saturated carbocycles. The summed E-state index contributed by atoms with van der Waals surface area (Å²) in [5, 5.41) is 13.1. The third-order valence-corrected chi connectivity index (χ3v) is 4.81. The second-order valence-corrected chi connectivity index (χ2v) is 6.54. The van der Waals surface area contributed by atoms with E-state index in [4.69, 9.17) is 4.74 Å². The van der Waals surface area contributed by atoms with E-state index in [0.717, 1.165) is 51.4 Å². The molecule has 0 aromatic heterocycles. The highest BCUT2D eigenvalue weighted by molar-refractivity contribution is 5.80. The molecule has 0 bridgehead atoms. The number of hydrogen-bond acceptors (Lipinski definition) is 3. The first-order valence-electron chi connectivity index (χ1n) is 8.21. The Morgan fingerprint density at radius 2 is 2.20 bits per heavy atom. The van der Waals surface area contributed by atoms with Gasteiger partial charge in [-0.2, -0.15) is 0 Å². The van der Waals surface area contributed by atoms with Gasteiger partial charge in [0.1, 0.15) is 5.54 Å². The maximum Gasteiger partial charge on any atom is 0.324 e. The number of hydrogen-bond donors (Lipinski definition) is 2. The Kier molecular flexibility index (Phi) is 5.44. The van der Waals surface area contributed by atoms with Crippen LogP contribution in [0.3, 0.4) is 0 Å². The highest BCUT2D eigenvalue weighted by Crippen LogP contribution is 2.40. The van der Waals surface area contributed by atoms with E-state index < -0.39 is 11.5 Å². The van der Waals surface area contributed by atoms with Crippen LogP contribution >= 0.6 is 0 Å². The van der Waals surface area contributed by atoms with Gasteiger partial charge < -0.3 is 9.84 Å². The molecule has 0 aromatic carbocycles. The fraction of sp³-hybridized carbons (Fsp3) is 0.938. The molecule has 2 rings (SSSR count). The van der Waals surface area contributed by atoms with Crippen LogP contribution in [0.15, 0.2) is 0 Å². The summed E-state index contributed by atoms with van der Waals surface area (Å²) in [5.41, 5.74) is -0.682. The molecule has 0 amide bonds. The average Bonchev–Trinajstić information content (AvgIpc) is 3.10. The first-order chi connectivity index (χ1) is 9.58. The fourth-order valence-electron chi connectivity index (χ4n) is 3.50. The summed E-state index contributed by atoms with van der Waals surface area (Å²) in [5.74, 6) is -0.442. The number of aliphatic carboxylic acids is 1. The van der Waals surface area contributed by atoms with Gasteiger partial charge in [0.25, 0.3) is 0 Å². The second kappa shape index (κ2) is 6.90. The summed E-state index contributed by atoms with van der Waals surface area (Å²) < 4.78 is 5.82. The van der Waals surface area contributed by atoms with E-state index in [0.29, 0.717) is 12.6 Å². The summed E-state index contributed by atoms with van der Waals surface area (Å²) in [7, 11) is 0. The zero-order valence-corrected chi connectivity index (χ0v) is 12.9. The summed E-state index contributed by atoms with van der Waals surface area (Å²) in [6.07, 6.45) is 8.42. The van der Waals surface area contributed by atoms with Gasteiger partial charge >= 0.3 is 5.97 Å². The molecule has 2 fully saturated rings. The van der Waals surface area contributed by atoms with Gasteiger partial charge in [0.05, 0.1) is 6.10 Å². The summed E-state index contributed by atoms with van der Waals surface area (Å²) in [6.45, 7) is 4.95. The van der Waals surface area contributed by atoms with Crippen molar-refractivity contribution >= 4 is 5.97 Å². The molecule has 0 spiro atoms. The minimum atomic E-state index is -0.682. The molecule has 0 aliphatic heterocycles. The predicted octanol–water partition coefficient (Wildman–Crippen LogP) is 2.96. The van der Waals surface area contributed by atoms with Crippen molar-refractivity contribution in [3.63, 3.8) is 0 Å². The van der Waals surface area contributed by atoms with Crippen LogP contribution in [0, 0.1) is 5.92 Å². The van der Waals surface area contributed by atoms with Crippen LogP contribution in [-0.2, 0) is 9.53 Å². The lowest BCUT2D eigenvalue weighted by Gasteiger charge is -2.33. The molecular weight excluding hydrogens is 254 g/mol. The molecule has 116 valence electrons. The Bertz CT molecular complexity index is 330. The summed E-state index contributed by atoms with van der Waals surface area (Å²) in [6, 6.07) is 0.437. The molecule has 2 aliphatic rings. The van der Waals surface area contributed by atoms with Gasteiger partial charge in [0.2, 0.25) is 0 Å². The largest absolute Gasteiger partial charge is 0.480 e. The monoisotopic (exact) mass is 283 g/mol. The lowest BCUT2D eigenvalue weighted by Crippen LogP contribution is -2.55. The fourth-order valence-corrected chi connectivity index (χ4v) is 3.50. The van der Waals surface area contributed by atoms with Crippen LogP contribution in [0.2, 0.25) is 0 Å². The Labute approximate surface area is 122 Å². The maximum absolute atomic E-state index is 11.8. The van der Waals surface area contributed by atoms with Crippen molar-refractivity contribution in [2.24, 2.45) is 5.92 Å². The Morgan fingerprint density at radius 1 is 1.45 bits per heavy atom. The summed E-state index contributed by atoms with van der Waals surface area (Å²) >= 11 is 0. The van der Waals surface area contributed by atoms with Crippen molar-refractivity contribution < 1.29 is 14.6 Å². The zero-order valence-electron chi connectivity index (χ0n) is 12.9. The molecule has 0 saturated heterocycles. The third-order valence-electron chi connectivity index (χ3n) is 4.81. The van der Waals surface area contributed by atoms with Crippen LogP contribution in [0.25, 0.3) is 0 Å². The lowest BCUT2D eigenvalue weighted by atomic mass is 9.84. The van der Waals surface area contributed by atoms with Gasteiger partial charge in [-0.3, -0.25) is 10.1 Å². The molecular formula is C16H29NO3. The van der Waals surface area contributed by atoms with Crippen molar-refractivity contribution in [2.75, 3.05) is 6.61 Å². The Balaban J connectivity index is 1.86. The van der Waals surface area contributed by atoms with E-state index in [1.807, 2.05) is 0 Å². The normalized spacial score (nSPS) is 31.4. The van der Waals surface area contributed by atoms with E-state index in [9.17, 15) is 9.90 Å². The minimum absolute atomic E-state index is 0.217. The van der Waals surface area contributed by atoms with E-state index in [1.54, 1.807) is 0 Å². The highest BCUT2D eigenvalue weighted by Gasteiger charge is 2.51. The van der Waals surface area contributed by atoms with E-state index in [2.05, 4.69) is 19.2 Å². The van der Waals surface area contributed by atoms with Gasteiger partial charge in [-0.15, -0.1) is 0 Å². The van der Waals surface area contributed by atoms with Crippen molar-refractivity contribution in [3.8, 4) is 0 Å². The molecule has 0 radical (unpaired) electrons. The first-order valence-corrected chi connectivity index (χ1v) is 8.21.